The molecule has 14 heavy (non-hydrogen) atoms. The summed E-state index contributed by atoms with van der Waals surface area (Å²) in [6, 6.07) is 1.38. The van der Waals surface area contributed by atoms with Crippen LogP contribution in [0.25, 0.3) is 0 Å². The van der Waals surface area contributed by atoms with Crippen LogP contribution in [0.15, 0.2) is 12.7 Å². The smallest absolute Gasteiger partial charge is 0.00817 e. The van der Waals surface area contributed by atoms with Gasteiger partial charge in [0.15, 0.2) is 0 Å². The van der Waals surface area contributed by atoms with E-state index < -0.39 is 0 Å². The summed E-state index contributed by atoms with van der Waals surface area (Å²) in [5, 5.41) is 7.10. The molecule has 1 aliphatic rings. The molecule has 0 saturated carbocycles. The van der Waals surface area contributed by atoms with E-state index in [0.29, 0.717) is 6.04 Å². The van der Waals surface area contributed by atoms with Gasteiger partial charge in [-0.1, -0.05) is 12.5 Å². The summed E-state index contributed by atoms with van der Waals surface area (Å²) in [4.78, 5) is 0. The quantitative estimate of drug-likeness (QED) is 0.502. The first-order valence-electron chi connectivity index (χ1n) is 5.90. The van der Waals surface area contributed by atoms with Crippen LogP contribution in [0.5, 0.6) is 0 Å². The van der Waals surface area contributed by atoms with Crippen molar-refractivity contribution in [2.24, 2.45) is 0 Å². The van der Waals surface area contributed by atoms with Gasteiger partial charge in [0, 0.05) is 12.1 Å². The molecule has 0 amide bonds. The molecule has 2 nitrogen and oxygen atoms in total. The third-order valence-corrected chi connectivity index (χ3v) is 2.89. The zero-order chi connectivity index (χ0) is 10.2. The molecule has 1 fully saturated rings. The number of hydrogen-bond donors (Lipinski definition) is 2. The third-order valence-electron chi connectivity index (χ3n) is 2.89. The van der Waals surface area contributed by atoms with Gasteiger partial charge in [0.05, 0.1) is 0 Å². The second-order valence-corrected chi connectivity index (χ2v) is 4.32. The summed E-state index contributed by atoms with van der Waals surface area (Å²) in [5.41, 5.74) is 0. The van der Waals surface area contributed by atoms with Gasteiger partial charge in [-0.05, 0) is 45.7 Å². The molecule has 1 aliphatic heterocycles. The molecular formula is C12H24N2. The highest BCUT2D eigenvalue weighted by Crippen LogP contribution is 2.11. The average Bonchev–Trinajstić information content (AvgIpc) is 2.20. The molecule has 0 spiro atoms. The molecule has 0 aliphatic carbocycles. The second kappa shape index (κ2) is 7.02. The minimum atomic E-state index is 0.630. The van der Waals surface area contributed by atoms with Gasteiger partial charge in [-0.15, -0.1) is 6.58 Å². The summed E-state index contributed by atoms with van der Waals surface area (Å²) in [6.07, 6.45) is 8.41. The Balaban J connectivity index is 2.05. The van der Waals surface area contributed by atoms with Crippen molar-refractivity contribution in [2.45, 2.75) is 51.1 Å². The molecule has 2 unspecified atom stereocenters. The maximum atomic E-state index is 3.72. The molecule has 1 heterocycles. The van der Waals surface area contributed by atoms with E-state index >= 15 is 0 Å². The number of nitrogens with one attached hydrogen (secondary N) is 2. The highest BCUT2D eigenvalue weighted by Gasteiger charge is 2.14. The molecule has 82 valence electrons. The SMILES string of the molecule is C=CCCNC(C)CC1CCCCN1. The fraction of sp³-hybridized carbons (Fsp3) is 0.833. The number of hydrogen-bond acceptors (Lipinski definition) is 2. The van der Waals surface area contributed by atoms with Gasteiger partial charge >= 0.3 is 0 Å². The summed E-state index contributed by atoms with van der Waals surface area (Å²) in [5.74, 6) is 0. The minimum Gasteiger partial charge on any atom is -0.314 e. The van der Waals surface area contributed by atoms with Crippen LogP contribution in [-0.2, 0) is 0 Å². The predicted octanol–water partition coefficient (Wildman–Crippen LogP) is 2.07. The van der Waals surface area contributed by atoms with Gasteiger partial charge in [-0.3, -0.25) is 0 Å². The van der Waals surface area contributed by atoms with E-state index in [1.807, 2.05) is 6.08 Å². The molecule has 2 N–H and O–H groups in total. The van der Waals surface area contributed by atoms with E-state index in [-0.39, 0.29) is 0 Å². The van der Waals surface area contributed by atoms with E-state index in [0.717, 1.165) is 19.0 Å². The van der Waals surface area contributed by atoms with Crippen molar-refractivity contribution in [3.8, 4) is 0 Å². The third kappa shape index (κ3) is 4.77. The van der Waals surface area contributed by atoms with Gasteiger partial charge in [-0.25, -0.2) is 0 Å². The molecule has 2 heteroatoms. The lowest BCUT2D eigenvalue weighted by molar-refractivity contribution is 0.346. The summed E-state index contributed by atoms with van der Waals surface area (Å²) in [7, 11) is 0. The molecule has 0 aromatic heterocycles. The number of rotatable bonds is 6. The summed E-state index contributed by atoms with van der Waals surface area (Å²) in [6.45, 7) is 8.28. The highest BCUT2D eigenvalue weighted by atomic mass is 14.9. The van der Waals surface area contributed by atoms with Gasteiger partial charge in [0.2, 0.25) is 0 Å². The predicted molar refractivity (Wildman–Crippen MR) is 62.5 cm³/mol. The van der Waals surface area contributed by atoms with Crippen molar-refractivity contribution in [2.75, 3.05) is 13.1 Å². The van der Waals surface area contributed by atoms with E-state index in [9.17, 15) is 0 Å². The summed E-state index contributed by atoms with van der Waals surface area (Å²) < 4.78 is 0. The van der Waals surface area contributed by atoms with E-state index in [4.69, 9.17) is 0 Å². The van der Waals surface area contributed by atoms with E-state index in [1.54, 1.807) is 0 Å². The van der Waals surface area contributed by atoms with Crippen LogP contribution < -0.4 is 10.6 Å². The Morgan fingerprint density at radius 1 is 1.57 bits per heavy atom. The van der Waals surface area contributed by atoms with Gasteiger partial charge in [-0.2, -0.15) is 0 Å². The molecule has 0 radical (unpaired) electrons. The number of piperidine rings is 1. The first-order chi connectivity index (χ1) is 6.83. The Hall–Kier alpha value is -0.340. The lowest BCUT2D eigenvalue weighted by atomic mass is 9.99. The van der Waals surface area contributed by atoms with Crippen molar-refractivity contribution in [1.82, 2.24) is 10.6 Å². The lowest BCUT2D eigenvalue weighted by Gasteiger charge is -2.26. The first-order valence-corrected chi connectivity index (χ1v) is 5.90. The highest BCUT2D eigenvalue weighted by molar-refractivity contribution is 4.77. The average molecular weight is 196 g/mol. The van der Waals surface area contributed by atoms with E-state index in [1.165, 1.54) is 32.2 Å². The first kappa shape index (κ1) is 11.7. The standard InChI is InChI=1S/C12H24N2/c1-3-4-8-13-11(2)10-12-7-5-6-9-14-12/h3,11-14H,1,4-10H2,2H3. The van der Waals surface area contributed by atoms with Crippen LogP contribution in [0.3, 0.4) is 0 Å². The monoisotopic (exact) mass is 196 g/mol. The fourth-order valence-electron chi connectivity index (χ4n) is 2.07. The lowest BCUT2D eigenvalue weighted by Crippen LogP contribution is -2.40. The fourth-order valence-corrected chi connectivity index (χ4v) is 2.07. The molecule has 1 rings (SSSR count). The molecule has 0 aromatic carbocycles. The Bertz CT molecular complexity index is 150. The van der Waals surface area contributed by atoms with Crippen molar-refractivity contribution in [3.05, 3.63) is 12.7 Å². The minimum absolute atomic E-state index is 0.630. The second-order valence-electron chi connectivity index (χ2n) is 4.32. The van der Waals surface area contributed by atoms with Crippen molar-refractivity contribution < 1.29 is 0 Å². The van der Waals surface area contributed by atoms with Crippen LogP contribution in [-0.4, -0.2) is 25.2 Å². The van der Waals surface area contributed by atoms with Gasteiger partial charge in [0.1, 0.15) is 0 Å². The molecule has 0 bridgehead atoms. The largest absolute Gasteiger partial charge is 0.314 e. The van der Waals surface area contributed by atoms with Crippen LogP contribution >= 0.6 is 0 Å². The molecule has 2 atom stereocenters. The van der Waals surface area contributed by atoms with Crippen LogP contribution in [0.2, 0.25) is 0 Å². The van der Waals surface area contributed by atoms with Crippen LogP contribution in [0, 0.1) is 0 Å². The summed E-state index contributed by atoms with van der Waals surface area (Å²) >= 11 is 0. The van der Waals surface area contributed by atoms with Crippen molar-refractivity contribution >= 4 is 0 Å². The van der Waals surface area contributed by atoms with E-state index in [2.05, 4.69) is 24.1 Å². The Kier molecular flexibility index (Phi) is 5.88. The maximum Gasteiger partial charge on any atom is 0.00817 e. The Labute approximate surface area is 88.2 Å². The van der Waals surface area contributed by atoms with Gasteiger partial charge < -0.3 is 10.6 Å². The molecule has 1 saturated heterocycles. The van der Waals surface area contributed by atoms with Crippen molar-refractivity contribution in [1.29, 1.82) is 0 Å². The Morgan fingerprint density at radius 2 is 2.43 bits per heavy atom. The topological polar surface area (TPSA) is 24.1 Å². The van der Waals surface area contributed by atoms with Crippen molar-refractivity contribution in [3.63, 3.8) is 0 Å². The maximum absolute atomic E-state index is 3.72. The van der Waals surface area contributed by atoms with Crippen LogP contribution in [0.4, 0.5) is 0 Å². The van der Waals surface area contributed by atoms with Gasteiger partial charge in [0.25, 0.3) is 0 Å². The molecule has 0 aromatic rings. The zero-order valence-electron chi connectivity index (χ0n) is 9.39. The van der Waals surface area contributed by atoms with Crippen LogP contribution in [0.1, 0.15) is 39.0 Å². The Morgan fingerprint density at radius 3 is 3.07 bits per heavy atom. The zero-order valence-corrected chi connectivity index (χ0v) is 9.39. The molecular weight excluding hydrogens is 172 g/mol. The normalized spacial score (nSPS) is 24.5.